The molecule has 0 spiro atoms. The highest BCUT2D eigenvalue weighted by Gasteiger charge is 2.16. The number of halogens is 2. The van der Waals surface area contributed by atoms with Crippen molar-refractivity contribution in [3.05, 3.63) is 82.1 Å². The lowest BCUT2D eigenvalue weighted by Crippen LogP contribution is -2.32. The molecule has 120 valence electrons. The van der Waals surface area contributed by atoms with E-state index in [2.05, 4.69) is 22.5 Å². The van der Waals surface area contributed by atoms with E-state index in [9.17, 15) is 9.18 Å². The molecule has 1 amide bonds. The van der Waals surface area contributed by atoms with Gasteiger partial charge in [0.2, 0.25) is 5.91 Å². The monoisotopic (exact) mass is 375 g/mol. The van der Waals surface area contributed by atoms with Gasteiger partial charge < -0.3 is 4.90 Å². The van der Waals surface area contributed by atoms with Gasteiger partial charge in [0.25, 0.3) is 0 Å². The van der Waals surface area contributed by atoms with Crippen LogP contribution in [0, 0.1) is 12.7 Å². The number of rotatable bonds is 6. The van der Waals surface area contributed by atoms with E-state index in [-0.39, 0.29) is 18.3 Å². The topological polar surface area (TPSA) is 20.3 Å². The first kappa shape index (κ1) is 17.4. The minimum Gasteiger partial charge on any atom is -0.334 e. The van der Waals surface area contributed by atoms with Gasteiger partial charge in [0.05, 0.1) is 6.42 Å². The second kappa shape index (κ2) is 8.06. The maximum atomic E-state index is 13.9. The molecule has 0 fully saturated rings. The van der Waals surface area contributed by atoms with Gasteiger partial charge in [-0.3, -0.25) is 4.79 Å². The minimum absolute atomic E-state index is 0.0430. The van der Waals surface area contributed by atoms with Crippen LogP contribution >= 0.6 is 15.9 Å². The molecule has 0 unspecified atom stereocenters. The predicted octanol–water partition coefficient (Wildman–Crippen LogP) is 4.65. The SMILES string of the molecule is C=CCN(Cc1cc(Br)ccc1F)C(=O)Cc1ccccc1C. The number of nitrogens with zero attached hydrogens (tertiary/aromatic N) is 1. The summed E-state index contributed by atoms with van der Waals surface area (Å²) in [5.41, 5.74) is 2.55. The van der Waals surface area contributed by atoms with Crippen LogP contribution in [-0.2, 0) is 17.8 Å². The Morgan fingerprint density at radius 1 is 1.26 bits per heavy atom. The van der Waals surface area contributed by atoms with Crippen molar-refractivity contribution in [1.82, 2.24) is 4.90 Å². The standard InChI is InChI=1S/C19H19BrFNO/c1-3-10-22(13-16-11-17(20)8-9-18(16)21)19(23)12-15-7-5-4-6-14(15)2/h3-9,11H,1,10,12-13H2,2H3. The quantitative estimate of drug-likeness (QED) is 0.672. The molecule has 0 heterocycles. The van der Waals surface area contributed by atoms with Crippen LogP contribution in [0.3, 0.4) is 0 Å². The molecule has 0 atom stereocenters. The third-order valence-corrected chi connectivity index (χ3v) is 4.17. The molecule has 0 aromatic heterocycles. The Hall–Kier alpha value is -1.94. The maximum absolute atomic E-state index is 13.9. The van der Waals surface area contributed by atoms with Crippen LogP contribution in [-0.4, -0.2) is 17.4 Å². The van der Waals surface area contributed by atoms with Crippen LogP contribution in [0.15, 0.2) is 59.6 Å². The number of carbonyl (C=O) groups is 1. The minimum atomic E-state index is -0.314. The van der Waals surface area contributed by atoms with Gasteiger partial charge in [0, 0.05) is 23.1 Å². The van der Waals surface area contributed by atoms with E-state index in [0.29, 0.717) is 18.5 Å². The molecule has 4 heteroatoms. The molecule has 0 N–H and O–H groups in total. The van der Waals surface area contributed by atoms with Gasteiger partial charge in [-0.25, -0.2) is 4.39 Å². The van der Waals surface area contributed by atoms with Crippen molar-refractivity contribution in [3.63, 3.8) is 0 Å². The first-order valence-electron chi connectivity index (χ1n) is 7.38. The molecule has 0 radical (unpaired) electrons. The Kier molecular flexibility index (Phi) is 6.11. The van der Waals surface area contributed by atoms with Crippen LogP contribution in [0.5, 0.6) is 0 Å². The molecule has 2 aromatic rings. The molecule has 0 aliphatic rings. The first-order chi connectivity index (χ1) is 11.0. The van der Waals surface area contributed by atoms with Gasteiger partial charge in [-0.1, -0.05) is 46.3 Å². The van der Waals surface area contributed by atoms with Crippen LogP contribution in [0.2, 0.25) is 0 Å². The molecule has 0 aliphatic carbocycles. The molecular weight excluding hydrogens is 357 g/mol. The Balaban J connectivity index is 2.17. The van der Waals surface area contributed by atoms with E-state index in [1.165, 1.54) is 6.07 Å². The van der Waals surface area contributed by atoms with Gasteiger partial charge in [0.15, 0.2) is 0 Å². The lowest BCUT2D eigenvalue weighted by Gasteiger charge is -2.22. The lowest BCUT2D eigenvalue weighted by atomic mass is 10.0. The second-order valence-electron chi connectivity index (χ2n) is 5.40. The highest BCUT2D eigenvalue weighted by Crippen LogP contribution is 2.18. The fourth-order valence-corrected chi connectivity index (χ4v) is 2.77. The summed E-state index contributed by atoms with van der Waals surface area (Å²) in [5.74, 6) is -0.357. The zero-order chi connectivity index (χ0) is 16.8. The summed E-state index contributed by atoms with van der Waals surface area (Å²) in [6, 6.07) is 12.5. The zero-order valence-corrected chi connectivity index (χ0v) is 14.6. The van der Waals surface area contributed by atoms with E-state index in [1.807, 2.05) is 31.2 Å². The average molecular weight is 376 g/mol. The largest absolute Gasteiger partial charge is 0.334 e. The number of hydrogen-bond acceptors (Lipinski definition) is 1. The summed E-state index contributed by atoms with van der Waals surface area (Å²) in [7, 11) is 0. The first-order valence-corrected chi connectivity index (χ1v) is 8.17. The van der Waals surface area contributed by atoms with E-state index in [4.69, 9.17) is 0 Å². The fraction of sp³-hybridized carbons (Fsp3) is 0.211. The van der Waals surface area contributed by atoms with Crippen LogP contribution in [0.25, 0.3) is 0 Å². The van der Waals surface area contributed by atoms with Gasteiger partial charge in [-0.05, 0) is 36.2 Å². The summed E-state index contributed by atoms with van der Waals surface area (Å²) >= 11 is 3.34. The molecule has 0 saturated carbocycles. The summed E-state index contributed by atoms with van der Waals surface area (Å²) in [4.78, 5) is 14.2. The van der Waals surface area contributed by atoms with Gasteiger partial charge >= 0.3 is 0 Å². The van der Waals surface area contributed by atoms with Crippen LogP contribution < -0.4 is 0 Å². The molecule has 0 saturated heterocycles. The number of amides is 1. The van der Waals surface area contributed by atoms with E-state index >= 15 is 0 Å². The molecule has 2 rings (SSSR count). The summed E-state index contributed by atoms with van der Waals surface area (Å²) < 4.78 is 14.7. The van der Waals surface area contributed by atoms with Crippen LogP contribution in [0.4, 0.5) is 4.39 Å². The fourth-order valence-electron chi connectivity index (χ4n) is 2.36. The summed E-state index contributed by atoms with van der Waals surface area (Å²) in [5, 5.41) is 0. The Morgan fingerprint density at radius 2 is 2.00 bits per heavy atom. The highest BCUT2D eigenvalue weighted by atomic mass is 79.9. The average Bonchev–Trinajstić information content (AvgIpc) is 2.52. The number of carbonyl (C=O) groups excluding carboxylic acids is 1. The normalized spacial score (nSPS) is 10.4. The molecule has 2 aromatic carbocycles. The van der Waals surface area contributed by atoms with Gasteiger partial charge in [0.1, 0.15) is 5.82 Å². The van der Waals surface area contributed by atoms with Crippen molar-refractivity contribution in [2.75, 3.05) is 6.54 Å². The number of hydrogen-bond donors (Lipinski definition) is 0. The van der Waals surface area contributed by atoms with Crippen molar-refractivity contribution in [1.29, 1.82) is 0 Å². The zero-order valence-electron chi connectivity index (χ0n) is 13.1. The third-order valence-electron chi connectivity index (χ3n) is 3.67. The Bertz CT molecular complexity index is 714. The van der Waals surface area contributed by atoms with Crippen LogP contribution in [0.1, 0.15) is 16.7 Å². The Labute approximate surface area is 144 Å². The molecular formula is C19H19BrFNO. The van der Waals surface area contributed by atoms with E-state index in [1.54, 1.807) is 23.1 Å². The predicted molar refractivity (Wildman–Crippen MR) is 94.6 cm³/mol. The smallest absolute Gasteiger partial charge is 0.227 e. The lowest BCUT2D eigenvalue weighted by molar-refractivity contribution is -0.130. The van der Waals surface area contributed by atoms with Crippen molar-refractivity contribution in [3.8, 4) is 0 Å². The summed E-state index contributed by atoms with van der Waals surface area (Å²) in [6.45, 7) is 6.28. The van der Waals surface area contributed by atoms with Crippen molar-refractivity contribution in [2.45, 2.75) is 19.9 Å². The Morgan fingerprint density at radius 3 is 2.70 bits per heavy atom. The van der Waals surface area contributed by atoms with Crippen molar-refractivity contribution >= 4 is 21.8 Å². The molecule has 0 bridgehead atoms. The number of benzene rings is 2. The van der Waals surface area contributed by atoms with E-state index in [0.717, 1.165) is 15.6 Å². The molecule has 0 aliphatic heterocycles. The number of aryl methyl sites for hydroxylation is 1. The van der Waals surface area contributed by atoms with Gasteiger partial charge in [-0.2, -0.15) is 0 Å². The highest BCUT2D eigenvalue weighted by molar-refractivity contribution is 9.10. The maximum Gasteiger partial charge on any atom is 0.227 e. The van der Waals surface area contributed by atoms with Gasteiger partial charge in [-0.15, -0.1) is 6.58 Å². The third kappa shape index (κ3) is 4.76. The van der Waals surface area contributed by atoms with Crippen molar-refractivity contribution in [2.24, 2.45) is 0 Å². The molecule has 23 heavy (non-hydrogen) atoms. The summed E-state index contributed by atoms with van der Waals surface area (Å²) in [6.07, 6.45) is 1.96. The second-order valence-corrected chi connectivity index (χ2v) is 6.32. The van der Waals surface area contributed by atoms with E-state index < -0.39 is 0 Å². The molecule has 2 nitrogen and oxygen atoms in total. The van der Waals surface area contributed by atoms with Crippen molar-refractivity contribution < 1.29 is 9.18 Å².